The molecule has 5 aliphatic rings. The van der Waals surface area contributed by atoms with Crippen LogP contribution >= 0.6 is 0 Å². The molecule has 18 heteroatoms. The van der Waals surface area contributed by atoms with Gasteiger partial charge in [0.2, 0.25) is 0 Å². The molecule has 0 bridgehead atoms. The summed E-state index contributed by atoms with van der Waals surface area (Å²) in [6, 6.07) is 85.0. The quantitative estimate of drug-likeness (QED) is 0.102. The van der Waals surface area contributed by atoms with Crippen molar-refractivity contribution in [3.8, 4) is 135 Å². The van der Waals surface area contributed by atoms with Crippen LogP contribution in [0.5, 0.6) is 23.0 Å². The highest BCUT2D eigenvalue weighted by Crippen LogP contribution is 2.41. The molecule has 0 saturated heterocycles. The third-order valence-corrected chi connectivity index (χ3v) is 20.8. The minimum absolute atomic E-state index is 0.651. The number of rotatable bonds is 14. The van der Waals surface area contributed by atoms with E-state index in [1.165, 1.54) is 62.2 Å². The van der Waals surface area contributed by atoms with Crippen molar-refractivity contribution in [1.82, 2.24) is 29.9 Å². The SMILES string of the molecule is COc1ccc(-c2ncccc2-c2ccc3c(c2)C=NC3)cc1.COc1ccc(-c2ncccc2-c2ccc3c(c2)C=NC3)cc1OC.COc1cccc(-c2ncccc2-c2ccc3c(c2)C=NC3)c1.Cc1cccc(-c2ncccc2-c2ccc3c(c2)C=NC3)n1.FC(F)(F)c1ccc(-c2ncccc2-c2ccc3c(c2)C=NC3)cc1. The Morgan fingerprint density at radius 3 is 0.966 bits per heavy atom. The van der Waals surface area contributed by atoms with E-state index < -0.39 is 11.7 Å². The van der Waals surface area contributed by atoms with E-state index in [0.29, 0.717) is 29.3 Å². The molecule has 6 aromatic heterocycles. The molecular formula is C100H78F3N11O4. The number of aryl methyl sites for hydroxylation is 1. The number of benzene rings is 9. The second kappa shape index (κ2) is 35.3. The summed E-state index contributed by atoms with van der Waals surface area (Å²) in [6.45, 7) is 5.81. The second-order valence-corrected chi connectivity index (χ2v) is 28.2. The number of alkyl halides is 3. The molecule has 0 N–H and O–H groups in total. The average Bonchev–Trinajstić information content (AvgIpc) is 1.36. The number of methoxy groups -OCH3 is 4. The van der Waals surface area contributed by atoms with E-state index in [9.17, 15) is 13.2 Å². The molecule has 578 valence electrons. The number of fused-ring (bicyclic) bond motifs is 5. The van der Waals surface area contributed by atoms with Crippen LogP contribution in [0.15, 0.2) is 317 Å². The third-order valence-electron chi connectivity index (χ3n) is 20.8. The molecule has 0 spiro atoms. The van der Waals surface area contributed by atoms with Gasteiger partial charge >= 0.3 is 6.18 Å². The topological polar surface area (TPSA) is 176 Å². The van der Waals surface area contributed by atoms with Gasteiger partial charge < -0.3 is 18.9 Å². The molecule has 0 radical (unpaired) electrons. The van der Waals surface area contributed by atoms with E-state index in [2.05, 4.69) is 158 Å². The molecule has 11 heterocycles. The molecule has 0 unspecified atom stereocenters. The zero-order valence-corrected chi connectivity index (χ0v) is 65.3. The van der Waals surface area contributed by atoms with Crippen molar-refractivity contribution in [2.45, 2.75) is 45.8 Å². The number of ether oxygens (including phenoxy) is 4. The van der Waals surface area contributed by atoms with Gasteiger partial charge in [0.1, 0.15) is 11.5 Å². The van der Waals surface area contributed by atoms with E-state index in [0.717, 1.165) is 162 Å². The fraction of sp³-hybridized carbons (Fsp3) is 0.110. The first-order valence-corrected chi connectivity index (χ1v) is 38.4. The van der Waals surface area contributed by atoms with Gasteiger partial charge in [-0.15, -0.1) is 0 Å². The number of aromatic nitrogens is 6. The van der Waals surface area contributed by atoms with Crippen LogP contribution in [0.1, 0.15) is 66.9 Å². The van der Waals surface area contributed by atoms with E-state index in [-0.39, 0.29) is 0 Å². The van der Waals surface area contributed by atoms with Gasteiger partial charge in [-0.2, -0.15) is 13.2 Å². The van der Waals surface area contributed by atoms with E-state index in [4.69, 9.17) is 18.9 Å². The van der Waals surface area contributed by atoms with E-state index >= 15 is 0 Å². The lowest BCUT2D eigenvalue weighted by Gasteiger charge is -2.13. The van der Waals surface area contributed by atoms with Crippen molar-refractivity contribution in [1.29, 1.82) is 0 Å². The first-order valence-electron chi connectivity index (χ1n) is 38.4. The predicted molar refractivity (Wildman–Crippen MR) is 466 cm³/mol. The van der Waals surface area contributed by atoms with Gasteiger partial charge in [0, 0.05) is 118 Å². The molecule has 9 aromatic carbocycles. The Morgan fingerprint density at radius 1 is 0.271 bits per heavy atom. The van der Waals surface area contributed by atoms with Gasteiger partial charge in [-0.05, 0) is 230 Å². The van der Waals surface area contributed by atoms with Gasteiger partial charge in [-0.1, -0.05) is 121 Å². The van der Waals surface area contributed by atoms with Gasteiger partial charge in [0.15, 0.2) is 11.5 Å². The smallest absolute Gasteiger partial charge is 0.416 e. The minimum Gasteiger partial charge on any atom is -0.497 e. The van der Waals surface area contributed by atoms with Crippen LogP contribution in [0.4, 0.5) is 13.2 Å². The number of hydrogen-bond acceptors (Lipinski definition) is 15. The lowest BCUT2D eigenvalue weighted by molar-refractivity contribution is -0.137. The van der Waals surface area contributed by atoms with Gasteiger partial charge in [-0.3, -0.25) is 54.9 Å². The highest BCUT2D eigenvalue weighted by atomic mass is 19.4. The largest absolute Gasteiger partial charge is 0.497 e. The van der Waals surface area contributed by atoms with Crippen molar-refractivity contribution in [2.24, 2.45) is 25.0 Å². The Hall–Kier alpha value is -14.8. The van der Waals surface area contributed by atoms with E-state index in [1.54, 1.807) is 34.6 Å². The Balaban J connectivity index is 0.000000110. The molecule has 0 aliphatic carbocycles. The van der Waals surface area contributed by atoms with Gasteiger partial charge in [-0.25, -0.2) is 0 Å². The predicted octanol–water partition coefficient (Wildman–Crippen LogP) is 22.5. The molecule has 0 fully saturated rings. The Labute approximate surface area is 682 Å². The Morgan fingerprint density at radius 2 is 0.602 bits per heavy atom. The molecule has 15 nitrogen and oxygen atoms in total. The van der Waals surface area contributed by atoms with Crippen LogP contribution < -0.4 is 18.9 Å². The first kappa shape index (κ1) is 77.2. The van der Waals surface area contributed by atoms with Crippen LogP contribution in [0, 0.1) is 6.92 Å². The molecule has 5 aliphatic heterocycles. The number of nitrogens with zero attached hydrogens (tertiary/aromatic N) is 11. The van der Waals surface area contributed by atoms with Crippen LogP contribution in [0.3, 0.4) is 0 Å². The summed E-state index contributed by atoms with van der Waals surface area (Å²) in [4.78, 5) is 49.0. The fourth-order valence-corrected chi connectivity index (χ4v) is 14.7. The van der Waals surface area contributed by atoms with Crippen molar-refractivity contribution in [3.05, 3.63) is 359 Å². The summed E-state index contributed by atoms with van der Waals surface area (Å²) in [5.74, 6) is 3.08. The van der Waals surface area contributed by atoms with E-state index in [1.807, 2.05) is 196 Å². The van der Waals surface area contributed by atoms with Crippen LogP contribution in [0.2, 0.25) is 0 Å². The van der Waals surface area contributed by atoms with Crippen molar-refractivity contribution in [3.63, 3.8) is 0 Å². The molecule has 118 heavy (non-hydrogen) atoms. The average molecular weight is 1550 g/mol. The maximum absolute atomic E-state index is 12.8. The van der Waals surface area contributed by atoms with Gasteiger partial charge in [0.25, 0.3) is 0 Å². The second-order valence-electron chi connectivity index (χ2n) is 28.2. The fourth-order valence-electron chi connectivity index (χ4n) is 14.7. The number of hydrogen-bond donors (Lipinski definition) is 0. The Kier molecular flexibility index (Phi) is 23.1. The van der Waals surface area contributed by atoms with Crippen LogP contribution in [0.25, 0.3) is 112 Å². The lowest BCUT2D eigenvalue weighted by atomic mass is 9.96. The molecular weight excluding hydrogens is 1480 g/mol. The van der Waals surface area contributed by atoms with Gasteiger partial charge in [0.05, 0.1) is 101 Å². The first-order chi connectivity index (χ1) is 57.8. The number of halogens is 3. The summed E-state index contributed by atoms with van der Waals surface area (Å²) in [5.41, 5.74) is 32.4. The van der Waals surface area contributed by atoms with Crippen LogP contribution in [-0.2, 0) is 38.9 Å². The molecule has 20 rings (SSSR count). The Bertz CT molecular complexity index is 6380. The number of pyridine rings is 6. The monoisotopic (exact) mass is 1550 g/mol. The molecule has 0 atom stereocenters. The molecule has 0 amide bonds. The summed E-state index contributed by atoms with van der Waals surface area (Å²) in [7, 11) is 6.63. The highest BCUT2D eigenvalue weighted by molar-refractivity contribution is 5.94. The van der Waals surface area contributed by atoms with Crippen molar-refractivity contribution >= 4 is 31.1 Å². The molecule has 0 saturated carbocycles. The lowest BCUT2D eigenvalue weighted by Crippen LogP contribution is -2.04. The van der Waals surface area contributed by atoms with Crippen LogP contribution in [-0.4, -0.2) is 89.4 Å². The molecule has 15 aromatic rings. The summed E-state index contributed by atoms with van der Waals surface area (Å²) < 4.78 is 59.6. The zero-order chi connectivity index (χ0) is 80.9. The zero-order valence-electron chi connectivity index (χ0n) is 65.3. The standard InChI is InChI=1S/C21H18N2O2.C20H13F3N2.2C20H16N2O.C19H15N3/c1-24-19-8-7-15(11-20(19)25-2)21-18(4-3-9-23-21)14-5-6-16-12-22-13-17(16)10-14;21-20(22,23)17-7-5-13(6-8-17)19-18(2-1-9-25-19)14-3-4-15-11-24-12-16(15)10-14;1-23-18-5-2-4-15(11-18)20-19(6-3-9-22-20)14-7-8-16-12-21-13-17(16)10-14;1-23-18-8-6-14(7-9-18)20-19(3-2-10-22-20)15-4-5-16-12-21-13-17(16)11-15;1-13-4-2-6-18(22-13)19-17(5-3-9-21-19)14-7-8-15-11-20-12-16(15)10-14/h3-11,13H,12H2,1-2H3;1-10,12H,11H2;2*2-11,13H,12H2,1H3;2-10,12H,11H2,1H3. The van der Waals surface area contributed by atoms with Crippen molar-refractivity contribution in [2.75, 3.05) is 28.4 Å². The normalized spacial score (nSPS) is 12.4. The maximum atomic E-state index is 12.8. The minimum atomic E-state index is -4.34. The highest BCUT2D eigenvalue weighted by Gasteiger charge is 2.30. The maximum Gasteiger partial charge on any atom is 0.416 e. The summed E-state index contributed by atoms with van der Waals surface area (Å²) in [5, 5.41) is 0. The third kappa shape index (κ3) is 17.3. The van der Waals surface area contributed by atoms with Crippen molar-refractivity contribution < 1.29 is 32.1 Å². The summed E-state index contributed by atoms with van der Waals surface area (Å²) in [6.07, 6.45) is 14.2. The number of aliphatic imine (C=N–C) groups is 5. The summed E-state index contributed by atoms with van der Waals surface area (Å²) >= 11 is 0.